The van der Waals surface area contributed by atoms with Crippen LogP contribution in [0.4, 0.5) is 4.39 Å². The monoisotopic (exact) mass is 345 g/mol. The first-order valence-corrected chi connectivity index (χ1v) is 9.10. The lowest BCUT2D eigenvalue weighted by Crippen LogP contribution is -1.99. The third-order valence-corrected chi connectivity index (χ3v) is 5.82. The molecule has 2 unspecified atom stereocenters. The second kappa shape index (κ2) is 6.52. The fourth-order valence-electron chi connectivity index (χ4n) is 2.15. The molecule has 1 aliphatic heterocycles. The Morgan fingerprint density at radius 2 is 2.38 bits per heavy atom. The van der Waals surface area contributed by atoms with E-state index in [1.165, 1.54) is 29.5 Å². The van der Waals surface area contributed by atoms with Crippen LogP contribution in [0.1, 0.15) is 29.6 Å². The molecule has 0 saturated carbocycles. The average Bonchev–Trinajstić information content (AvgIpc) is 3.12. The van der Waals surface area contributed by atoms with Crippen molar-refractivity contribution >= 4 is 33.7 Å². The van der Waals surface area contributed by atoms with Crippen LogP contribution >= 0.6 is 22.9 Å². The largest absolute Gasteiger partial charge is 0.371 e. The number of benzene rings is 1. The lowest BCUT2D eigenvalue weighted by Gasteiger charge is -2.04. The number of ether oxygens (including phenoxy) is 1. The Labute approximate surface area is 133 Å². The summed E-state index contributed by atoms with van der Waals surface area (Å²) in [5.41, 5.74) is 0.768. The van der Waals surface area contributed by atoms with Gasteiger partial charge in [-0.1, -0.05) is 11.6 Å². The Bertz CT molecular complexity index is 671. The Hall–Kier alpha value is -0.820. The third kappa shape index (κ3) is 3.51. The standard InChI is InChI=1S/C14H13ClFNO2S2/c15-11-6-10(3-4-12(11)16)21(18)8-9-7-20-14(17-9)13-2-1-5-19-13/h3-4,6-7,13H,1-2,5,8H2. The summed E-state index contributed by atoms with van der Waals surface area (Å²) < 4.78 is 31.0. The summed E-state index contributed by atoms with van der Waals surface area (Å²) >= 11 is 7.24. The smallest absolute Gasteiger partial charge is 0.141 e. The van der Waals surface area contributed by atoms with Gasteiger partial charge >= 0.3 is 0 Å². The molecule has 0 bridgehead atoms. The minimum absolute atomic E-state index is 0.0147. The van der Waals surface area contributed by atoms with Crippen LogP contribution in [0.3, 0.4) is 0 Å². The van der Waals surface area contributed by atoms with Crippen LogP contribution in [0, 0.1) is 5.82 Å². The van der Waals surface area contributed by atoms with Gasteiger partial charge in [0.05, 0.1) is 27.3 Å². The van der Waals surface area contributed by atoms with Gasteiger partial charge in [0, 0.05) is 16.9 Å². The van der Waals surface area contributed by atoms with E-state index in [0.29, 0.717) is 10.6 Å². The lowest BCUT2D eigenvalue weighted by atomic mass is 10.2. The second-order valence-corrected chi connectivity index (χ2v) is 7.49. The van der Waals surface area contributed by atoms with Crippen molar-refractivity contribution in [2.45, 2.75) is 29.6 Å². The highest BCUT2D eigenvalue weighted by Crippen LogP contribution is 2.31. The Balaban J connectivity index is 1.70. The van der Waals surface area contributed by atoms with Crippen LogP contribution < -0.4 is 0 Å². The molecule has 0 amide bonds. The van der Waals surface area contributed by atoms with Crippen molar-refractivity contribution in [1.82, 2.24) is 4.98 Å². The number of rotatable bonds is 4. The van der Waals surface area contributed by atoms with E-state index in [1.807, 2.05) is 5.38 Å². The summed E-state index contributed by atoms with van der Waals surface area (Å²) in [4.78, 5) is 5.00. The molecule has 112 valence electrons. The quantitative estimate of drug-likeness (QED) is 0.837. The Morgan fingerprint density at radius 3 is 3.10 bits per heavy atom. The van der Waals surface area contributed by atoms with Crippen LogP contribution in [0.15, 0.2) is 28.5 Å². The number of nitrogens with zero attached hydrogens (tertiary/aromatic N) is 1. The number of thiazole rings is 1. The lowest BCUT2D eigenvalue weighted by molar-refractivity contribution is 0.111. The summed E-state index contributed by atoms with van der Waals surface area (Å²) in [6, 6.07) is 4.12. The van der Waals surface area contributed by atoms with Gasteiger partial charge in [0.25, 0.3) is 0 Å². The highest BCUT2D eigenvalue weighted by atomic mass is 35.5. The van der Waals surface area contributed by atoms with Gasteiger partial charge in [-0.3, -0.25) is 4.21 Å². The highest BCUT2D eigenvalue weighted by molar-refractivity contribution is 7.84. The molecule has 1 aromatic heterocycles. The minimum Gasteiger partial charge on any atom is -0.371 e. The summed E-state index contributed by atoms with van der Waals surface area (Å²) in [6.07, 6.45) is 2.13. The van der Waals surface area contributed by atoms with Crippen molar-refractivity contribution in [2.75, 3.05) is 6.61 Å². The predicted octanol–water partition coefficient (Wildman–Crippen LogP) is 4.09. The van der Waals surface area contributed by atoms with E-state index in [2.05, 4.69) is 4.98 Å². The second-order valence-electron chi connectivity index (χ2n) is 4.74. The zero-order valence-electron chi connectivity index (χ0n) is 11.1. The van der Waals surface area contributed by atoms with E-state index in [4.69, 9.17) is 16.3 Å². The van der Waals surface area contributed by atoms with Crippen molar-refractivity contribution in [3.63, 3.8) is 0 Å². The molecule has 2 heterocycles. The van der Waals surface area contributed by atoms with Crippen LogP contribution in [0.25, 0.3) is 0 Å². The van der Waals surface area contributed by atoms with E-state index in [1.54, 1.807) is 0 Å². The molecule has 0 aliphatic carbocycles. The first-order chi connectivity index (χ1) is 10.1. The van der Waals surface area contributed by atoms with Crippen molar-refractivity contribution < 1.29 is 13.3 Å². The summed E-state index contributed by atoms with van der Waals surface area (Å²) in [7, 11) is -1.29. The van der Waals surface area contributed by atoms with E-state index in [-0.39, 0.29) is 11.1 Å². The predicted molar refractivity (Wildman–Crippen MR) is 81.6 cm³/mol. The van der Waals surface area contributed by atoms with Crippen LogP contribution in [0.2, 0.25) is 5.02 Å². The summed E-state index contributed by atoms with van der Waals surface area (Å²) in [5.74, 6) is -0.211. The molecule has 1 saturated heterocycles. The van der Waals surface area contributed by atoms with Gasteiger partial charge in [0.2, 0.25) is 0 Å². The van der Waals surface area contributed by atoms with Gasteiger partial charge in [-0.05, 0) is 31.0 Å². The fourth-order valence-corrected chi connectivity index (χ4v) is 4.45. The molecule has 3 nitrogen and oxygen atoms in total. The number of aromatic nitrogens is 1. The molecule has 1 aromatic carbocycles. The Kier molecular flexibility index (Phi) is 4.69. The van der Waals surface area contributed by atoms with Crippen LogP contribution in [-0.4, -0.2) is 15.8 Å². The molecule has 3 rings (SSSR count). The first kappa shape index (κ1) is 15.1. The minimum atomic E-state index is -1.29. The van der Waals surface area contributed by atoms with Crippen LogP contribution in [-0.2, 0) is 21.3 Å². The van der Waals surface area contributed by atoms with Crippen molar-refractivity contribution in [1.29, 1.82) is 0 Å². The SMILES string of the molecule is O=S(Cc1csc(C2CCCO2)n1)c1ccc(F)c(Cl)c1. The average molecular weight is 346 g/mol. The Morgan fingerprint density at radius 1 is 1.52 bits per heavy atom. The normalized spacial score (nSPS) is 19.8. The van der Waals surface area contributed by atoms with Crippen molar-refractivity contribution in [3.05, 3.63) is 45.1 Å². The maximum atomic E-state index is 13.1. The maximum Gasteiger partial charge on any atom is 0.141 e. The summed E-state index contributed by atoms with van der Waals surface area (Å²) in [6.45, 7) is 0.777. The fraction of sp³-hybridized carbons (Fsp3) is 0.357. The van der Waals surface area contributed by atoms with E-state index >= 15 is 0 Å². The molecule has 0 spiro atoms. The zero-order valence-corrected chi connectivity index (χ0v) is 13.4. The van der Waals surface area contributed by atoms with Gasteiger partial charge in [-0.15, -0.1) is 11.3 Å². The van der Waals surface area contributed by atoms with Gasteiger partial charge in [-0.2, -0.15) is 0 Å². The van der Waals surface area contributed by atoms with Crippen molar-refractivity contribution in [2.24, 2.45) is 0 Å². The zero-order chi connectivity index (χ0) is 14.8. The number of hydrogen-bond donors (Lipinski definition) is 0. The molecule has 0 N–H and O–H groups in total. The molecular formula is C14H13ClFNO2S2. The summed E-state index contributed by atoms with van der Waals surface area (Å²) in [5, 5.41) is 2.83. The molecule has 2 aromatic rings. The van der Waals surface area contributed by atoms with Gasteiger partial charge in [0.15, 0.2) is 0 Å². The van der Waals surface area contributed by atoms with E-state index < -0.39 is 16.6 Å². The molecule has 21 heavy (non-hydrogen) atoms. The topological polar surface area (TPSA) is 39.2 Å². The van der Waals surface area contributed by atoms with Gasteiger partial charge in [-0.25, -0.2) is 9.37 Å². The number of halogens is 2. The van der Waals surface area contributed by atoms with Gasteiger partial charge < -0.3 is 4.74 Å². The van der Waals surface area contributed by atoms with Crippen molar-refractivity contribution in [3.8, 4) is 0 Å². The number of hydrogen-bond acceptors (Lipinski definition) is 4. The van der Waals surface area contributed by atoms with E-state index in [0.717, 1.165) is 30.2 Å². The molecule has 1 fully saturated rings. The van der Waals surface area contributed by atoms with Crippen LogP contribution in [0.5, 0.6) is 0 Å². The molecule has 7 heteroatoms. The van der Waals surface area contributed by atoms with Gasteiger partial charge in [0.1, 0.15) is 16.9 Å². The molecule has 2 atom stereocenters. The first-order valence-electron chi connectivity index (χ1n) is 6.53. The molecule has 1 aliphatic rings. The molecule has 0 radical (unpaired) electrons. The van der Waals surface area contributed by atoms with E-state index in [9.17, 15) is 8.60 Å². The third-order valence-electron chi connectivity index (χ3n) is 3.21. The molecular weight excluding hydrogens is 333 g/mol. The maximum absolute atomic E-state index is 13.1. The highest BCUT2D eigenvalue weighted by Gasteiger charge is 2.21.